The molecule has 0 fully saturated rings. The fraction of sp³-hybridized carbons (Fsp3) is 0.231. The minimum atomic E-state index is -0.193. The maximum Gasteiger partial charge on any atom is 0.244 e. The summed E-state index contributed by atoms with van der Waals surface area (Å²) < 4.78 is 7.28. The van der Waals surface area contributed by atoms with Crippen molar-refractivity contribution in [3.8, 4) is 17.1 Å². The number of para-hydroxylation sites is 2. The molecule has 0 aliphatic heterocycles. The van der Waals surface area contributed by atoms with Crippen LogP contribution >= 0.6 is 11.6 Å². The van der Waals surface area contributed by atoms with Crippen LogP contribution in [-0.2, 0) is 16.8 Å². The van der Waals surface area contributed by atoms with Crippen LogP contribution in [0.3, 0.4) is 0 Å². The van der Waals surface area contributed by atoms with Gasteiger partial charge < -0.3 is 14.6 Å². The maximum atomic E-state index is 13.0. The first-order valence-corrected chi connectivity index (χ1v) is 10.8. The summed E-state index contributed by atoms with van der Waals surface area (Å²) in [7, 11) is 1.56. The Balaban J connectivity index is 1.69. The molecular weight excluding hydrogens is 422 g/mol. The number of amides is 1. The van der Waals surface area contributed by atoms with Crippen molar-refractivity contribution < 1.29 is 9.53 Å². The number of hydrogen-bond donors (Lipinski definition) is 1. The molecule has 1 aromatic heterocycles. The average molecular weight is 448 g/mol. The summed E-state index contributed by atoms with van der Waals surface area (Å²) >= 11 is 6.11. The van der Waals surface area contributed by atoms with Crippen molar-refractivity contribution in [2.24, 2.45) is 0 Å². The second kappa shape index (κ2) is 8.67. The van der Waals surface area contributed by atoms with Crippen molar-refractivity contribution in [1.29, 1.82) is 0 Å². The molecule has 32 heavy (non-hydrogen) atoms. The number of nitrogens with one attached hydrogen (secondary N) is 1. The van der Waals surface area contributed by atoms with Crippen LogP contribution in [0.1, 0.15) is 26.3 Å². The zero-order valence-electron chi connectivity index (χ0n) is 18.6. The van der Waals surface area contributed by atoms with Gasteiger partial charge in [0.2, 0.25) is 5.91 Å². The summed E-state index contributed by atoms with van der Waals surface area (Å²) in [5.41, 5.74) is 4.54. The highest BCUT2D eigenvalue weighted by molar-refractivity contribution is 6.31. The number of imidazole rings is 1. The molecule has 4 rings (SSSR count). The van der Waals surface area contributed by atoms with Gasteiger partial charge in [0.25, 0.3) is 0 Å². The van der Waals surface area contributed by atoms with E-state index >= 15 is 0 Å². The van der Waals surface area contributed by atoms with Crippen molar-refractivity contribution in [3.63, 3.8) is 0 Å². The summed E-state index contributed by atoms with van der Waals surface area (Å²) in [5.74, 6) is 1.11. The number of rotatable bonds is 5. The SMILES string of the molecule is COc1ccc(Cl)cc1NC(=O)Cn1c(-c2ccc(C(C)(C)C)cc2)nc2ccccc21. The Hall–Kier alpha value is -3.31. The van der Waals surface area contributed by atoms with Gasteiger partial charge in [-0.1, -0.05) is 68.8 Å². The number of carbonyl (C=O) groups is 1. The molecule has 0 radical (unpaired) electrons. The molecule has 0 saturated carbocycles. The van der Waals surface area contributed by atoms with Gasteiger partial charge in [-0.3, -0.25) is 4.79 Å². The van der Waals surface area contributed by atoms with E-state index in [-0.39, 0.29) is 17.9 Å². The van der Waals surface area contributed by atoms with Crippen LogP contribution in [0, 0.1) is 0 Å². The second-order valence-corrected chi connectivity index (χ2v) is 9.17. The molecule has 0 aliphatic carbocycles. The number of carbonyl (C=O) groups excluding carboxylic acids is 1. The van der Waals surface area contributed by atoms with Crippen molar-refractivity contribution in [2.75, 3.05) is 12.4 Å². The Morgan fingerprint density at radius 3 is 2.47 bits per heavy atom. The van der Waals surface area contributed by atoms with E-state index in [1.807, 2.05) is 28.8 Å². The monoisotopic (exact) mass is 447 g/mol. The topological polar surface area (TPSA) is 56.1 Å². The smallest absolute Gasteiger partial charge is 0.244 e. The number of hydrogen-bond acceptors (Lipinski definition) is 3. The average Bonchev–Trinajstić information content (AvgIpc) is 3.12. The minimum Gasteiger partial charge on any atom is -0.495 e. The van der Waals surface area contributed by atoms with Gasteiger partial charge in [0.05, 0.1) is 23.8 Å². The highest BCUT2D eigenvalue weighted by Crippen LogP contribution is 2.30. The van der Waals surface area contributed by atoms with Crippen LogP contribution in [0.2, 0.25) is 5.02 Å². The third kappa shape index (κ3) is 4.48. The van der Waals surface area contributed by atoms with Crippen LogP contribution < -0.4 is 10.1 Å². The van der Waals surface area contributed by atoms with Crippen molar-refractivity contribution in [2.45, 2.75) is 32.7 Å². The molecule has 1 amide bonds. The number of benzene rings is 3. The predicted octanol–water partition coefficient (Wildman–Crippen LogP) is 6.30. The lowest BCUT2D eigenvalue weighted by Gasteiger charge is -2.19. The first-order chi connectivity index (χ1) is 15.3. The molecule has 0 spiro atoms. The number of halogens is 1. The van der Waals surface area contributed by atoms with E-state index in [1.165, 1.54) is 5.56 Å². The summed E-state index contributed by atoms with van der Waals surface area (Å²) in [6.45, 7) is 6.66. The van der Waals surface area contributed by atoms with Gasteiger partial charge in [0.1, 0.15) is 18.1 Å². The molecular formula is C26H26ClN3O2. The molecule has 6 heteroatoms. The normalized spacial score (nSPS) is 11.5. The van der Waals surface area contributed by atoms with Gasteiger partial charge in [-0.15, -0.1) is 0 Å². The number of fused-ring (bicyclic) bond motifs is 1. The fourth-order valence-electron chi connectivity index (χ4n) is 3.69. The molecule has 0 saturated heterocycles. The third-order valence-electron chi connectivity index (χ3n) is 5.40. The van der Waals surface area contributed by atoms with Crippen LogP contribution in [0.25, 0.3) is 22.4 Å². The largest absolute Gasteiger partial charge is 0.495 e. The first-order valence-electron chi connectivity index (χ1n) is 10.5. The number of ether oxygens (including phenoxy) is 1. The van der Waals surface area contributed by atoms with Gasteiger partial charge in [-0.2, -0.15) is 0 Å². The molecule has 0 atom stereocenters. The number of anilines is 1. The summed E-state index contributed by atoms with van der Waals surface area (Å²) in [6.07, 6.45) is 0. The van der Waals surface area contributed by atoms with Gasteiger partial charge in [-0.05, 0) is 41.3 Å². The third-order valence-corrected chi connectivity index (χ3v) is 5.64. The van der Waals surface area contributed by atoms with Crippen LogP contribution in [0.5, 0.6) is 5.75 Å². The highest BCUT2D eigenvalue weighted by Gasteiger charge is 2.18. The zero-order valence-corrected chi connectivity index (χ0v) is 19.4. The maximum absolute atomic E-state index is 13.0. The minimum absolute atomic E-state index is 0.0641. The summed E-state index contributed by atoms with van der Waals surface area (Å²) in [4.78, 5) is 17.8. The number of aromatic nitrogens is 2. The van der Waals surface area contributed by atoms with E-state index in [2.05, 4.69) is 50.4 Å². The molecule has 4 aromatic rings. The lowest BCUT2D eigenvalue weighted by molar-refractivity contribution is -0.116. The van der Waals surface area contributed by atoms with E-state index in [0.29, 0.717) is 16.5 Å². The van der Waals surface area contributed by atoms with Gasteiger partial charge in [-0.25, -0.2) is 4.98 Å². The van der Waals surface area contributed by atoms with Crippen molar-refractivity contribution in [3.05, 3.63) is 77.3 Å². The number of methoxy groups -OCH3 is 1. The Morgan fingerprint density at radius 2 is 1.78 bits per heavy atom. The Labute approximate surface area is 193 Å². The van der Waals surface area contributed by atoms with Gasteiger partial charge in [0.15, 0.2) is 0 Å². The van der Waals surface area contributed by atoms with Crippen LogP contribution in [0.4, 0.5) is 5.69 Å². The van der Waals surface area contributed by atoms with Crippen molar-refractivity contribution in [1.82, 2.24) is 9.55 Å². The fourth-order valence-corrected chi connectivity index (χ4v) is 3.86. The van der Waals surface area contributed by atoms with E-state index in [4.69, 9.17) is 21.3 Å². The van der Waals surface area contributed by atoms with E-state index in [1.54, 1.807) is 25.3 Å². The number of nitrogens with zero attached hydrogens (tertiary/aromatic N) is 2. The summed E-state index contributed by atoms with van der Waals surface area (Å²) in [5, 5.41) is 3.44. The molecule has 164 valence electrons. The lowest BCUT2D eigenvalue weighted by atomic mass is 9.87. The van der Waals surface area contributed by atoms with E-state index in [0.717, 1.165) is 22.4 Å². The van der Waals surface area contributed by atoms with E-state index < -0.39 is 0 Å². The summed E-state index contributed by atoms with van der Waals surface area (Å²) in [6, 6.07) is 21.3. The Kier molecular flexibility index (Phi) is 5.94. The molecule has 1 N–H and O–H groups in total. The molecule has 3 aromatic carbocycles. The van der Waals surface area contributed by atoms with Gasteiger partial charge in [0, 0.05) is 10.6 Å². The standard InChI is InChI=1S/C26H26ClN3O2/c1-26(2,3)18-11-9-17(10-12-18)25-29-20-7-5-6-8-22(20)30(25)16-24(31)28-21-15-19(27)13-14-23(21)32-4/h5-15H,16H2,1-4H3,(H,28,31). The quantitative estimate of drug-likeness (QED) is 0.390. The van der Waals surface area contributed by atoms with Crippen LogP contribution in [-0.4, -0.2) is 22.6 Å². The second-order valence-electron chi connectivity index (χ2n) is 8.73. The first kappa shape index (κ1) is 21.9. The molecule has 0 unspecified atom stereocenters. The molecule has 0 bridgehead atoms. The Bertz CT molecular complexity index is 1270. The van der Waals surface area contributed by atoms with Gasteiger partial charge >= 0.3 is 0 Å². The molecule has 5 nitrogen and oxygen atoms in total. The lowest BCUT2D eigenvalue weighted by Crippen LogP contribution is -2.19. The zero-order chi connectivity index (χ0) is 22.9. The Morgan fingerprint density at radius 1 is 1.06 bits per heavy atom. The van der Waals surface area contributed by atoms with E-state index in [9.17, 15) is 4.79 Å². The van der Waals surface area contributed by atoms with Crippen LogP contribution in [0.15, 0.2) is 66.7 Å². The predicted molar refractivity (Wildman–Crippen MR) is 131 cm³/mol. The van der Waals surface area contributed by atoms with Crippen molar-refractivity contribution >= 4 is 34.2 Å². The molecule has 1 heterocycles. The highest BCUT2D eigenvalue weighted by atomic mass is 35.5. The molecule has 0 aliphatic rings.